The van der Waals surface area contributed by atoms with Gasteiger partial charge < -0.3 is 5.21 Å². The first kappa shape index (κ1) is 7.88. The summed E-state index contributed by atoms with van der Waals surface area (Å²) in [6.07, 6.45) is 0. The average Bonchev–Trinajstić information content (AvgIpc) is 1.61. The minimum Gasteiger partial charge on any atom is -0.600 e. The molecule has 0 saturated heterocycles. The third-order valence-electron chi connectivity index (χ3n) is 0.620. The van der Waals surface area contributed by atoms with E-state index in [2.05, 4.69) is 4.84 Å². The van der Waals surface area contributed by atoms with E-state index in [1.807, 2.05) is 13.8 Å². The van der Waals surface area contributed by atoms with E-state index in [0.717, 1.165) is 0 Å². The second-order valence-corrected chi connectivity index (χ2v) is 2.20. The van der Waals surface area contributed by atoms with Gasteiger partial charge in [0, 0.05) is 0 Å². The minimum absolute atomic E-state index is 0.196. The molecule has 0 amide bonds. The Labute approximate surface area is 49.8 Å². The second kappa shape index (κ2) is 3.83. The van der Waals surface area contributed by atoms with Crippen molar-refractivity contribution in [2.24, 2.45) is 5.92 Å². The number of hydrogen-bond donors (Lipinski definition) is 1. The molecule has 1 N–H and O–H groups in total. The van der Waals surface area contributed by atoms with Crippen LogP contribution in [0, 0.1) is 11.1 Å². The zero-order valence-electron chi connectivity index (χ0n) is 5.60. The molecule has 0 bridgehead atoms. The Bertz CT molecular complexity index is 46.4. The minimum atomic E-state index is -0.196. The molecule has 8 heavy (non-hydrogen) atoms. The molecule has 0 aromatic heterocycles. The zero-order valence-corrected chi connectivity index (χ0v) is 5.60. The Morgan fingerprint density at radius 3 is 2.25 bits per heavy atom. The second-order valence-electron chi connectivity index (χ2n) is 2.20. The molecular formula is C5H13NO2. The fourth-order valence-corrected chi connectivity index (χ4v) is 0.284. The molecule has 50 valence electrons. The summed E-state index contributed by atoms with van der Waals surface area (Å²) in [6.45, 7) is 4.54. The van der Waals surface area contributed by atoms with Crippen molar-refractivity contribution in [3.63, 3.8) is 0 Å². The SMILES string of the molecule is CC(C)CO[NH+](C)[O-]. The largest absolute Gasteiger partial charge is 0.600 e. The van der Waals surface area contributed by atoms with Crippen LogP contribution in [0.3, 0.4) is 0 Å². The van der Waals surface area contributed by atoms with E-state index in [1.54, 1.807) is 0 Å². The van der Waals surface area contributed by atoms with Crippen molar-refractivity contribution in [3.8, 4) is 0 Å². The highest BCUT2D eigenvalue weighted by molar-refractivity contribution is 4.34. The van der Waals surface area contributed by atoms with Crippen molar-refractivity contribution < 1.29 is 10.1 Å². The van der Waals surface area contributed by atoms with Crippen LogP contribution < -0.4 is 5.23 Å². The zero-order chi connectivity index (χ0) is 6.57. The Balaban J connectivity index is 2.93. The molecule has 0 aliphatic carbocycles. The van der Waals surface area contributed by atoms with Gasteiger partial charge in [0.2, 0.25) is 0 Å². The van der Waals surface area contributed by atoms with Crippen LogP contribution in [-0.4, -0.2) is 13.7 Å². The molecule has 0 aliphatic heterocycles. The van der Waals surface area contributed by atoms with Gasteiger partial charge in [0.15, 0.2) is 0 Å². The fraction of sp³-hybridized carbons (Fsp3) is 1.00. The Morgan fingerprint density at radius 2 is 2.12 bits per heavy atom. The van der Waals surface area contributed by atoms with Crippen LogP contribution in [0.2, 0.25) is 0 Å². The maximum absolute atomic E-state index is 10.1. The number of rotatable bonds is 3. The first-order chi connectivity index (χ1) is 3.63. The van der Waals surface area contributed by atoms with Crippen molar-refractivity contribution in [3.05, 3.63) is 5.21 Å². The lowest BCUT2D eigenvalue weighted by atomic mass is 10.2. The molecule has 0 fully saturated rings. The molecule has 3 nitrogen and oxygen atoms in total. The maximum atomic E-state index is 10.1. The summed E-state index contributed by atoms with van der Waals surface area (Å²) in [4.78, 5) is 4.66. The number of hydroxylamine groups is 2. The topological polar surface area (TPSA) is 36.7 Å². The molecule has 0 saturated carbocycles. The van der Waals surface area contributed by atoms with Gasteiger partial charge in [-0.25, -0.2) is 10.1 Å². The number of nitrogens with one attached hydrogen (secondary N) is 1. The van der Waals surface area contributed by atoms with Crippen LogP contribution in [0.25, 0.3) is 0 Å². The van der Waals surface area contributed by atoms with E-state index in [4.69, 9.17) is 0 Å². The van der Waals surface area contributed by atoms with Gasteiger partial charge in [0.25, 0.3) is 0 Å². The average molecular weight is 119 g/mol. The first-order valence-corrected chi connectivity index (χ1v) is 2.76. The molecule has 1 unspecified atom stereocenters. The van der Waals surface area contributed by atoms with Gasteiger partial charge >= 0.3 is 0 Å². The molecule has 0 heterocycles. The lowest BCUT2D eigenvalue weighted by Gasteiger charge is -2.14. The maximum Gasteiger partial charge on any atom is 0.109 e. The summed E-state index contributed by atoms with van der Waals surface area (Å²) in [7, 11) is 1.42. The lowest BCUT2D eigenvalue weighted by Crippen LogP contribution is -3.02. The first-order valence-electron chi connectivity index (χ1n) is 2.76. The van der Waals surface area contributed by atoms with Gasteiger partial charge in [0.05, 0.1) is 7.05 Å². The summed E-state index contributed by atoms with van der Waals surface area (Å²) >= 11 is 0. The molecular weight excluding hydrogens is 106 g/mol. The Morgan fingerprint density at radius 1 is 1.62 bits per heavy atom. The van der Waals surface area contributed by atoms with Crippen molar-refractivity contribution in [2.45, 2.75) is 13.8 Å². The van der Waals surface area contributed by atoms with Gasteiger partial charge in [0.1, 0.15) is 6.61 Å². The quantitative estimate of drug-likeness (QED) is 0.512. The highest BCUT2D eigenvalue weighted by atomic mass is 16.9. The predicted molar refractivity (Wildman–Crippen MR) is 31.0 cm³/mol. The molecule has 1 atom stereocenters. The van der Waals surface area contributed by atoms with Gasteiger partial charge in [-0.1, -0.05) is 13.8 Å². The van der Waals surface area contributed by atoms with Crippen LogP contribution in [0.1, 0.15) is 13.8 Å². The van der Waals surface area contributed by atoms with Crippen molar-refractivity contribution >= 4 is 0 Å². The van der Waals surface area contributed by atoms with Crippen LogP contribution >= 0.6 is 0 Å². The molecule has 3 heteroatoms. The van der Waals surface area contributed by atoms with E-state index < -0.39 is 0 Å². The lowest BCUT2D eigenvalue weighted by molar-refractivity contribution is -1.04. The predicted octanol–water partition coefficient (Wildman–Crippen LogP) is -0.413. The number of hydrogen-bond acceptors (Lipinski definition) is 2. The molecule has 0 aliphatic rings. The van der Waals surface area contributed by atoms with Crippen LogP contribution in [-0.2, 0) is 4.84 Å². The summed E-state index contributed by atoms with van der Waals surface area (Å²) < 4.78 is 0. The monoisotopic (exact) mass is 119 g/mol. The molecule has 0 aromatic carbocycles. The van der Waals surface area contributed by atoms with Gasteiger partial charge in [-0.3, -0.25) is 0 Å². The molecule has 0 aromatic rings. The smallest absolute Gasteiger partial charge is 0.109 e. The van der Waals surface area contributed by atoms with Crippen LogP contribution in [0.15, 0.2) is 0 Å². The van der Waals surface area contributed by atoms with Crippen molar-refractivity contribution in [2.75, 3.05) is 13.7 Å². The van der Waals surface area contributed by atoms with E-state index in [1.165, 1.54) is 7.05 Å². The standard InChI is InChI=1S/C5H13NO2/c1-5(2)4-8-6(3)7/h5-6H,4H2,1-3H3. The highest BCUT2D eigenvalue weighted by Crippen LogP contribution is 1.87. The summed E-state index contributed by atoms with van der Waals surface area (Å²) in [5.74, 6) is 0.443. The summed E-state index contributed by atoms with van der Waals surface area (Å²) in [6, 6.07) is 0. The third-order valence-corrected chi connectivity index (χ3v) is 0.620. The highest BCUT2D eigenvalue weighted by Gasteiger charge is 1.93. The van der Waals surface area contributed by atoms with Crippen LogP contribution in [0.5, 0.6) is 0 Å². The third kappa shape index (κ3) is 5.88. The van der Waals surface area contributed by atoms with Crippen LogP contribution in [0.4, 0.5) is 0 Å². The summed E-state index contributed by atoms with van der Waals surface area (Å²) in [5, 5.41) is 9.93. The Kier molecular flexibility index (Phi) is 3.77. The van der Waals surface area contributed by atoms with E-state index in [0.29, 0.717) is 12.5 Å². The van der Waals surface area contributed by atoms with E-state index in [-0.39, 0.29) is 5.23 Å². The fourth-order valence-electron chi connectivity index (χ4n) is 0.284. The number of quaternary nitrogens is 1. The van der Waals surface area contributed by atoms with Gasteiger partial charge in [-0.05, 0) is 5.92 Å². The molecule has 0 radical (unpaired) electrons. The molecule has 0 spiro atoms. The normalized spacial score (nSPS) is 14.6. The Hall–Kier alpha value is -0.120. The van der Waals surface area contributed by atoms with E-state index in [9.17, 15) is 5.21 Å². The van der Waals surface area contributed by atoms with Crippen molar-refractivity contribution in [1.82, 2.24) is 0 Å². The van der Waals surface area contributed by atoms with Gasteiger partial charge in [-0.2, -0.15) is 0 Å². The van der Waals surface area contributed by atoms with Gasteiger partial charge in [-0.15, -0.1) is 0 Å². The van der Waals surface area contributed by atoms with E-state index >= 15 is 0 Å². The molecule has 0 rings (SSSR count). The summed E-state index contributed by atoms with van der Waals surface area (Å²) in [5.41, 5.74) is 0. The van der Waals surface area contributed by atoms with Crippen molar-refractivity contribution in [1.29, 1.82) is 0 Å².